The smallest absolute Gasteiger partial charge is 0.143 e. The van der Waals surface area contributed by atoms with E-state index in [4.69, 9.17) is 10.5 Å². The molecule has 0 bridgehead atoms. The predicted molar refractivity (Wildman–Crippen MR) is 66.9 cm³/mol. The molecule has 0 spiro atoms. The fourth-order valence-corrected chi connectivity index (χ4v) is 2.69. The maximum Gasteiger partial charge on any atom is 0.143 e. The third-order valence-corrected chi connectivity index (χ3v) is 3.56. The Kier molecular flexibility index (Phi) is 3.26. The number of anilines is 2. The summed E-state index contributed by atoms with van der Waals surface area (Å²) in [5.41, 5.74) is 7.91. The van der Waals surface area contributed by atoms with Crippen molar-refractivity contribution in [2.24, 2.45) is 0 Å². The highest BCUT2D eigenvalue weighted by atomic mass is 32.2. The number of nitrogens with two attached hydrogens (primary N) is 1. The summed E-state index contributed by atoms with van der Waals surface area (Å²) in [6.45, 7) is 2.14. The van der Waals surface area contributed by atoms with E-state index in [1.54, 1.807) is 7.11 Å². The highest BCUT2D eigenvalue weighted by Crippen LogP contribution is 2.32. The molecule has 1 aromatic rings. The second-order valence-corrected chi connectivity index (χ2v) is 4.72. The Balaban J connectivity index is 2.26. The summed E-state index contributed by atoms with van der Waals surface area (Å²) in [5.74, 6) is 3.12. The third kappa shape index (κ3) is 2.15. The molecule has 2 N–H and O–H groups in total. The zero-order valence-electron chi connectivity index (χ0n) is 8.90. The molecule has 1 aromatic carbocycles. The van der Waals surface area contributed by atoms with Gasteiger partial charge in [0.15, 0.2) is 0 Å². The first-order valence-corrected chi connectivity index (χ1v) is 6.23. The topological polar surface area (TPSA) is 38.5 Å². The van der Waals surface area contributed by atoms with Crippen molar-refractivity contribution in [1.29, 1.82) is 0 Å². The number of hydrogen-bond acceptors (Lipinski definition) is 4. The summed E-state index contributed by atoms with van der Waals surface area (Å²) < 4.78 is 5.22. The van der Waals surface area contributed by atoms with Crippen LogP contribution in [0.3, 0.4) is 0 Å². The Morgan fingerprint density at radius 3 is 2.73 bits per heavy atom. The summed E-state index contributed by atoms with van der Waals surface area (Å²) in [6.07, 6.45) is 0. The van der Waals surface area contributed by atoms with E-state index < -0.39 is 0 Å². The van der Waals surface area contributed by atoms with Crippen molar-refractivity contribution in [3.05, 3.63) is 18.2 Å². The van der Waals surface area contributed by atoms with Crippen LogP contribution in [0.2, 0.25) is 0 Å². The van der Waals surface area contributed by atoms with Crippen LogP contribution in [0.5, 0.6) is 5.75 Å². The van der Waals surface area contributed by atoms with Crippen LogP contribution < -0.4 is 15.4 Å². The number of thioether (sulfide) groups is 1. The molecule has 1 heterocycles. The lowest BCUT2D eigenvalue weighted by Crippen LogP contribution is -2.32. The minimum absolute atomic E-state index is 0.756. The fourth-order valence-electron chi connectivity index (χ4n) is 1.79. The summed E-state index contributed by atoms with van der Waals surface area (Å²) in [5, 5.41) is 0. The maximum atomic E-state index is 6.05. The van der Waals surface area contributed by atoms with Gasteiger partial charge in [0.2, 0.25) is 0 Å². The first-order chi connectivity index (χ1) is 7.33. The van der Waals surface area contributed by atoms with E-state index in [0.29, 0.717) is 0 Å². The van der Waals surface area contributed by atoms with E-state index >= 15 is 0 Å². The van der Waals surface area contributed by atoms with Gasteiger partial charge in [0.1, 0.15) is 5.75 Å². The number of methoxy groups -OCH3 is 1. The molecule has 2 rings (SSSR count). The van der Waals surface area contributed by atoms with Crippen molar-refractivity contribution in [3.8, 4) is 5.75 Å². The van der Waals surface area contributed by atoms with Gasteiger partial charge in [0, 0.05) is 24.6 Å². The third-order valence-electron chi connectivity index (χ3n) is 2.61. The van der Waals surface area contributed by atoms with E-state index in [0.717, 1.165) is 30.2 Å². The average molecular weight is 224 g/mol. The monoisotopic (exact) mass is 224 g/mol. The maximum absolute atomic E-state index is 6.05. The van der Waals surface area contributed by atoms with Crippen LogP contribution in [0.1, 0.15) is 0 Å². The summed E-state index contributed by atoms with van der Waals surface area (Å²) in [4.78, 5) is 2.33. The SMILES string of the molecule is COc1cccc(N2CCSCC2)c1N. The molecular weight excluding hydrogens is 208 g/mol. The van der Waals surface area contributed by atoms with Crippen LogP contribution in [0, 0.1) is 0 Å². The fraction of sp³-hybridized carbons (Fsp3) is 0.455. The molecule has 0 aliphatic carbocycles. The number of nitrogens with zero attached hydrogens (tertiary/aromatic N) is 1. The number of ether oxygens (including phenoxy) is 1. The van der Waals surface area contributed by atoms with Crippen molar-refractivity contribution < 1.29 is 4.74 Å². The molecular formula is C11H16N2OS. The lowest BCUT2D eigenvalue weighted by Gasteiger charge is -2.29. The minimum atomic E-state index is 0.756. The number of benzene rings is 1. The Morgan fingerprint density at radius 2 is 2.07 bits per heavy atom. The minimum Gasteiger partial charge on any atom is -0.495 e. The molecule has 0 amide bonds. The molecule has 1 aliphatic heterocycles. The van der Waals surface area contributed by atoms with Gasteiger partial charge in [0.25, 0.3) is 0 Å². The molecule has 4 heteroatoms. The standard InChI is InChI=1S/C11H16N2OS/c1-14-10-4-2-3-9(11(10)12)13-5-7-15-8-6-13/h2-4H,5-8,12H2,1H3. The van der Waals surface area contributed by atoms with E-state index in [-0.39, 0.29) is 0 Å². The summed E-state index contributed by atoms with van der Waals surface area (Å²) in [6, 6.07) is 5.96. The van der Waals surface area contributed by atoms with Crippen molar-refractivity contribution in [3.63, 3.8) is 0 Å². The van der Waals surface area contributed by atoms with Crippen molar-refractivity contribution in [1.82, 2.24) is 0 Å². The number of para-hydroxylation sites is 1. The van der Waals surface area contributed by atoms with Crippen LogP contribution in [0.4, 0.5) is 11.4 Å². The quantitative estimate of drug-likeness (QED) is 0.778. The molecule has 1 aliphatic rings. The van der Waals surface area contributed by atoms with E-state index in [9.17, 15) is 0 Å². The van der Waals surface area contributed by atoms with Gasteiger partial charge >= 0.3 is 0 Å². The van der Waals surface area contributed by atoms with Gasteiger partial charge in [-0.25, -0.2) is 0 Å². The summed E-state index contributed by atoms with van der Waals surface area (Å²) >= 11 is 2.00. The molecule has 15 heavy (non-hydrogen) atoms. The van der Waals surface area contributed by atoms with Gasteiger partial charge < -0.3 is 15.4 Å². The molecule has 0 unspecified atom stereocenters. The van der Waals surface area contributed by atoms with Gasteiger partial charge in [-0.3, -0.25) is 0 Å². The van der Waals surface area contributed by atoms with Gasteiger partial charge in [-0.2, -0.15) is 11.8 Å². The highest BCUT2D eigenvalue weighted by molar-refractivity contribution is 7.99. The van der Waals surface area contributed by atoms with Crippen LogP contribution in [-0.4, -0.2) is 31.7 Å². The van der Waals surface area contributed by atoms with E-state index in [1.807, 2.05) is 23.9 Å². The number of nitrogen functional groups attached to an aromatic ring is 1. The number of hydrogen-bond donors (Lipinski definition) is 1. The van der Waals surface area contributed by atoms with Gasteiger partial charge in [-0.1, -0.05) is 6.07 Å². The van der Waals surface area contributed by atoms with E-state index in [2.05, 4.69) is 11.0 Å². The lowest BCUT2D eigenvalue weighted by molar-refractivity contribution is 0.417. The molecule has 1 fully saturated rings. The lowest BCUT2D eigenvalue weighted by atomic mass is 10.2. The molecule has 1 saturated heterocycles. The zero-order valence-corrected chi connectivity index (χ0v) is 9.72. The molecule has 3 nitrogen and oxygen atoms in total. The molecule has 0 radical (unpaired) electrons. The van der Waals surface area contributed by atoms with Gasteiger partial charge in [-0.05, 0) is 12.1 Å². The van der Waals surface area contributed by atoms with Gasteiger partial charge in [0.05, 0.1) is 18.5 Å². The van der Waals surface area contributed by atoms with Crippen LogP contribution in [0.25, 0.3) is 0 Å². The van der Waals surface area contributed by atoms with E-state index in [1.165, 1.54) is 11.5 Å². The second-order valence-electron chi connectivity index (χ2n) is 3.49. The Morgan fingerprint density at radius 1 is 1.33 bits per heavy atom. The van der Waals surface area contributed by atoms with Crippen LogP contribution in [0.15, 0.2) is 18.2 Å². The number of rotatable bonds is 2. The highest BCUT2D eigenvalue weighted by Gasteiger charge is 2.15. The first kappa shape index (κ1) is 10.5. The molecule has 0 atom stereocenters. The molecule has 0 saturated carbocycles. The van der Waals surface area contributed by atoms with Crippen LogP contribution >= 0.6 is 11.8 Å². The van der Waals surface area contributed by atoms with Crippen LogP contribution in [-0.2, 0) is 0 Å². The van der Waals surface area contributed by atoms with Crippen molar-refractivity contribution in [2.45, 2.75) is 0 Å². The van der Waals surface area contributed by atoms with Crippen molar-refractivity contribution >= 4 is 23.1 Å². The van der Waals surface area contributed by atoms with Gasteiger partial charge in [-0.15, -0.1) is 0 Å². The molecule has 82 valence electrons. The van der Waals surface area contributed by atoms with Crippen molar-refractivity contribution in [2.75, 3.05) is 42.3 Å². The largest absolute Gasteiger partial charge is 0.495 e. The Labute approximate surface area is 94.6 Å². The first-order valence-electron chi connectivity index (χ1n) is 5.08. The predicted octanol–water partition coefficient (Wildman–Crippen LogP) is 1.83. The average Bonchev–Trinajstić information content (AvgIpc) is 2.30. The Bertz CT molecular complexity index is 337. The molecule has 0 aromatic heterocycles. The zero-order chi connectivity index (χ0) is 10.7. The second kappa shape index (κ2) is 4.66. The Hall–Kier alpha value is -1.03. The normalized spacial score (nSPS) is 16.5. The summed E-state index contributed by atoms with van der Waals surface area (Å²) in [7, 11) is 1.65.